The average Bonchev–Trinajstić information content (AvgIpc) is 3.32. The maximum Gasteiger partial charge on any atom is 0.229 e. The molecule has 1 atom stereocenters. The fourth-order valence-electron chi connectivity index (χ4n) is 3.91. The second-order valence-electron chi connectivity index (χ2n) is 8.61. The van der Waals surface area contributed by atoms with E-state index >= 15 is 0 Å². The molecule has 5 nitrogen and oxygen atoms in total. The number of aromatic amines is 1. The average molecular weight is 384 g/mol. The topological polar surface area (TPSA) is 66.2 Å². The van der Waals surface area contributed by atoms with Crippen molar-refractivity contribution in [3.05, 3.63) is 46.3 Å². The van der Waals surface area contributed by atoms with Crippen LogP contribution < -0.4 is 10.6 Å². The van der Waals surface area contributed by atoms with Gasteiger partial charge in [-0.05, 0) is 61.6 Å². The number of hydrogen-bond donors (Lipinski definition) is 3. The van der Waals surface area contributed by atoms with Crippen LogP contribution in [0.15, 0.2) is 18.3 Å². The Kier molecular flexibility index (Phi) is 5.84. The highest BCUT2D eigenvalue weighted by molar-refractivity contribution is 5.99. The van der Waals surface area contributed by atoms with Crippen LogP contribution in [0, 0.1) is 19.3 Å². The fraction of sp³-hybridized carbons (Fsp3) is 0.522. The third kappa shape index (κ3) is 3.95. The first kappa shape index (κ1) is 20.5. The predicted molar refractivity (Wildman–Crippen MR) is 115 cm³/mol. The Hall–Kier alpha value is -2.27. The summed E-state index contributed by atoms with van der Waals surface area (Å²) < 4.78 is 6.06. The van der Waals surface area contributed by atoms with Crippen molar-refractivity contribution in [2.75, 3.05) is 23.8 Å². The Labute approximate surface area is 168 Å². The molecule has 0 radical (unpaired) electrons. The van der Waals surface area contributed by atoms with E-state index in [1.54, 1.807) is 0 Å². The second kappa shape index (κ2) is 8.00. The first-order valence-corrected chi connectivity index (χ1v) is 10.2. The standard InChI is InChI=1S/C23H33N3O2/c1-7-28-19(18-9-8-11-24-18)13-17-14(2)16-10-12-25-21(16)20(15(17)3)26-22(27)23(4,5)6/h8-9,11,19,24-25H,7,10,12-13H2,1-6H3,(H,26,27). The largest absolute Gasteiger partial charge is 0.383 e. The van der Waals surface area contributed by atoms with E-state index in [1.807, 2.05) is 40.0 Å². The summed E-state index contributed by atoms with van der Waals surface area (Å²) in [6, 6.07) is 4.07. The van der Waals surface area contributed by atoms with Gasteiger partial charge in [0.25, 0.3) is 0 Å². The van der Waals surface area contributed by atoms with E-state index < -0.39 is 5.41 Å². The summed E-state index contributed by atoms with van der Waals surface area (Å²) in [5.74, 6) is 0.0343. The molecule has 1 aliphatic heterocycles. The van der Waals surface area contributed by atoms with Gasteiger partial charge in [-0.1, -0.05) is 20.8 Å². The lowest BCUT2D eigenvalue weighted by molar-refractivity contribution is -0.123. The zero-order valence-electron chi connectivity index (χ0n) is 18.0. The summed E-state index contributed by atoms with van der Waals surface area (Å²) in [6.45, 7) is 13.7. The monoisotopic (exact) mass is 383 g/mol. The van der Waals surface area contributed by atoms with E-state index in [4.69, 9.17) is 4.74 Å². The SMILES string of the molecule is CCOC(Cc1c(C)c2c(c(NC(=O)C(C)(C)C)c1C)NCC2)c1ccc[nH]1. The highest BCUT2D eigenvalue weighted by Crippen LogP contribution is 2.41. The first-order chi connectivity index (χ1) is 13.2. The number of H-pyrrole nitrogens is 1. The number of anilines is 2. The van der Waals surface area contributed by atoms with Crippen LogP contribution in [0.25, 0.3) is 0 Å². The van der Waals surface area contributed by atoms with E-state index in [0.29, 0.717) is 6.61 Å². The molecule has 0 saturated heterocycles. The first-order valence-electron chi connectivity index (χ1n) is 10.2. The van der Waals surface area contributed by atoms with E-state index in [0.717, 1.165) is 42.0 Å². The molecule has 1 aromatic heterocycles. The third-order valence-electron chi connectivity index (χ3n) is 5.61. The summed E-state index contributed by atoms with van der Waals surface area (Å²) in [4.78, 5) is 16.0. The smallest absolute Gasteiger partial charge is 0.229 e. The van der Waals surface area contributed by atoms with Gasteiger partial charge in [-0.2, -0.15) is 0 Å². The lowest BCUT2D eigenvalue weighted by Gasteiger charge is -2.25. The molecule has 1 unspecified atom stereocenters. The van der Waals surface area contributed by atoms with Gasteiger partial charge in [0, 0.05) is 36.9 Å². The van der Waals surface area contributed by atoms with Gasteiger partial charge in [0.1, 0.15) is 6.10 Å². The molecule has 0 bridgehead atoms. The molecule has 0 saturated carbocycles. The highest BCUT2D eigenvalue weighted by Gasteiger charge is 2.28. The lowest BCUT2D eigenvalue weighted by atomic mass is 9.89. The number of carbonyl (C=O) groups excluding carboxylic acids is 1. The molecule has 152 valence electrons. The number of rotatable bonds is 6. The molecule has 2 heterocycles. The van der Waals surface area contributed by atoms with Gasteiger partial charge in [-0.25, -0.2) is 0 Å². The number of benzene rings is 1. The molecule has 1 aromatic carbocycles. The fourth-order valence-corrected chi connectivity index (χ4v) is 3.91. The van der Waals surface area contributed by atoms with E-state index in [1.165, 1.54) is 16.7 Å². The van der Waals surface area contributed by atoms with Crippen molar-refractivity contribution in [2.24, 2.45) is 5.41 Å². The summed E-state index contributed by atoms with van der Waals surface area (Å²) >= 11 is 0. The summed E-state index contributed by atoms with van der Waals surface area (Å²) in [7, 11) is 0. The van der Waals surface area contributed by atoms with Crippen molar-refractivity contribution in [1.82, 2.24) is 4.98 Å². The van der Waals surface area contributed by atoms with Gasteiger partial charge in [-0.15, -0.1) is 0 Å². The minimum atomic E-state index is -0.443. The molecule has 0 aliphatic carbocycles. The Morgan fingerprint density at radius 2 is 2.04 bits per heavy atom. The summed E-state index contributed by atoms with van der Waals surface area (Å²) in [6.07, 6.45) is 3.66. The van der Waals surface area contributed by atoms with Crippen LogP contribution in [-0.2, 0) is 22.4 Å². The Balaban J connectivity index is 2.04. The van der Waals surface area contributed by atoms with Gasteiger partial charge in [-0.3, -0.25) is 4.79 Å². The minimum Gasteiger partial charge on any atom is -0.383 e. The molecular weight excluding hydrogens is 350 g/mol. The normalized spacial score (nSPS) is 14.5. The molecule has 2 aromatic rings. The summed E-state index contributed by atoms with van der Waals surface area (Å²) in [5.41, 5.74) is 7.66. The highest BCUT2D eigenvalue weighted by atomic mass is 16.5. The van der Waals surface area contributed by atoms with Crippen molar-refractivity contribution in [3.8, 4) is 0 Å². The van der Waals surface area contributed by atoms with Gasteiger partial charge in [0.05, 0.1) is 11.4 Å². The Morgan fingerprint density at radius 3 is 2.64 bits per heavy atom. The van der Waals surface area contributed by atoms with Crippen LogP contribution >= 0.6 is 0 Å². The number of carbonyl (C=O) groups is 1. The van der Waals surface area contributed by atoms with E-state index in [2.05, 4.69) is 35.5 Å². The molecule has 5 heteroatoms. The Morgan fingerprint density at radius 1 is 1.29 bits per heavy atom. The third-order valence-corrected chi connectivity index (χ3v) is 5.61. The van der Waals surface area contributed by atoms with Crippen molar-refractivity contribution in [2.45, 2.75) is 60.5 Å². The van der Waals surface area contributed by atoms with Crippen molar-refractivity contribution < 1.29 is 9.53 Å². The Bertz CT molecular complexity index is 848. The zero-order valence-corrected chi connectivity index (χ0v) is 18.0. The van der Waals surface area contributed by atoms with Crippen molar-refractivity contribution in [3.63, 3.8) is 0 Å². The molecule has 1 amide bonds. The lowest BCUT2D eigenvalue weighted by Crippen LogP contribution is -2.28. The molecule has 0 fully saturated rings. The maximum atomic E-state index is 12.7. The number of aromatic nitrogens is 1. The van der Waals surface area contributed by atoms with Crippen LogP contribution in [0.4, 0.5) is 11.4 Å². The minimum absolute atomic E-state index is 0.0315. The number of ether oxygens (including phenoxy) is 1. The number of amides is 1. The molecular formula is C23H33N3O2. The molecule has 1 aliphatic rings. The van der Waals surface area contributed by atoms with Crippen molar-refractivity contribution >= 4 is 17.3 Å². The zero-order chi connectivity index (χ0) is 20.5. The summed E-state index contributed by atoms with van der Waals surface area (Å²) in [5, 5.41) is 6.70. The van der Waals surface area contributed by atoms with E-state index in [-0.39, 0.29) is 12.0 Å². The quantitative estimate of drug-likeness (QED) is 0.664. The van der Waals surface area contributed by atoms with E-state index in [9.17, 15) is 4.79 Å². The molecule has 3 N–H and O–H groups in total. The molecule has 0 spiro atoms. The van der Waals surface area contributed by atoms with Gasteiger partial charge < -0.3 is 20.4 Å². The van der Waals surface area contributed by atoms with Crippen molar-refractivity contribution in [1.29, 1.82) is 0 Å². The number of nitrogens with one attached hydrogen (secondary N) is 3. The van der Waals surface area contributed by atoms with Gasteiger partial charge >= 0.3 is 0 Å². The van der Waals surface area contributed by atoms with Gasteiger partial charge in [0.15, 0.2) is 0 Å². The number of hydrogen-bond acceptors (Lipinski definition) is 3. The van der Waals surface area contributed by atoms with Crippen LogP contribution in [0.1, 0.15) is 61.7 Å². The molecule has 28 heavy (non-hydrogen) atoms. The van der Waals surface area contributed by atoms with Crippen LogP contribution in [0.5, 0.6) is 0 Å². The van der Waals surface area contributed by atoms with Crippen LogP contribution in [0.3, 0.4) is 0 Å². The van der Waals surface area contributed by atoms with Crippen LogP contribution in [-0.4, -0.2) is 24.0 Å². The van der Waals surface area contributed by atoms with Crippen LogP contribution in [0.2, 0.25) is 0 Å². The maximum absolute atomic E-state index is 12.7. The molecule has 3 rings (SSSR count). The predicted octanol–water partition coefficient (Wildman–Crippen LogP) is 4.90. The second-order valence-corrected chi connectivity index (χ2v) is 8.61. The number of fused-ring (bicyclic) bond motifs is 1. The van der Waals surface area contributed by atoms with Gasteiger partial charge in [0.2, 0.25) is 5.91 Å².